The molecule has 2 aromatic rings. The SMILES string of the molecule is COc1nc2ccccc2nc1NCC1CCCCN1.Cl. The number of methoxy groups -OCH3 is 1. The maximum Gasteiger partial charge on any atom is 0.257 e. The number of hydrogen-bond acceptors (Lipinski definition) is 5. The summed E-state index contributed by atoms with van der Waals surface area (Å²) in [5.74, 6) is 1.28. The largest absolute Gasteiger partial charge is 0.478 e. The van der Waals surface area contributed by atoms with Crippen molar-refractivity contribution in [3.63, 3.8) is 0 Å². The summed E-state index contributed by atoms with van der Waals surface area (Å²) in [5.41, 5.74) is 1.73. The van der Waals surface area contributed by atoms with Crippen LogP contribution in [0.1, 0.15) is 19.3 Å². The van der Waals surface area contributed by atoms with Crippen molar-refractivity contribution in [2.45, 2.75) is 25.3 Å². The van der Waals surface area contributed by atoms with Crippen LogP contribution in [0.4, 0.5) is 5.82 Å². The molecule has 1 aliphatic heterocycles. The maximum absolute atomic E-state index is 5.34. The van der Waals surface area contributed by atoms with Gasteiger partial charge in [0.2, 0.25) is 0 Å². The predicted molar refractivity (Wildman–Crippen MR) is 87.5 cm³/mol. The van der Waals surface area contributed by atoms with Gasteiger partial charge in [-0.3, -0.25) is 0 Å². The second-order valence-electron chi connectivity index (χ2n) is 5.10. The van der Waals surface area contributed by atoms with Gasteiger partial charge >= 0.3 is 0 Å². The average molecular weight is 309 g/mol. The Hall–Kier alpha value is -1.59. The van der Waals surface area contributed by atoms with Gasteiger partial charge in [-0.15, -0.1) is 12.4 Å². The molecular weight excluding hydrogens is 288 g/mol. The molecule has 21 heavy (non-hydrogen) atoms. The van der Waals surface area contributed by atoms with Crippen LogP contribution >= 0.6 is 12.4 Å². The number of nitrogens with one attached hydrogen (secondary N) is 2. The first kappa shape index (κ1) is 15.8. The van der Waals surface area contributed by atoms with E-state index in [9.17, 15) is 0 Å². The van der Waals surface area contributed by atoms with Crippen molar-refractivity contribution in [3.05, 3.63) is 24.3 Å². The topological polar surface area (TPSA) is 59.1 Å². The molecule has 1 aromatic heterocycles. The molecule has 0 amide bonds. The van der Waals surface area contributed by atoms with E-state index < -0.39 is 0 Å². The first-order valence-electron chi connectivity index (χ1n) is 7.15. The highest BCUT2D eigenvalue weighted by Gasteiger charge is 2.14. The van der Waals surface area contributed by atoms with Crippen LogP contribution in [0.3, 0.4) is 0 Å². The Labute approximate surface area is 130 Å². The van der Waals surface area contributed by atoms with E-state index in [0.29, 0.717) is 11.9 Å². The van der Waals surface area contributed by atoms with E-state index in [-0.39, 0.29) is 12.4 Å². The van der Waals surface area contributed by atoms with Gasteiger partial charge in [-0.1, -0.05) is 18.6 Å². The van der Waals surface area contributed by atoms with E-state index in [1.165, 1.54) is 19.3 Å². The molecule has 2 heterocycles. The molecule has 1 atom stereocenters. The van der Waals surface area contributed by atoms with E-state index in [1.807, 2.05) is 24.3 Å². The Bertz CT molecular complexity index is 587. The molecule has 1 unspecified atom stereocenters. The smallest absolute Gasteiger partial charge is 0.257 e. The highest BCUT2D eigenvalue weighted by molar-refractivity contribution is 5.85. The first-order valence-corrected chi connectivity index (χ1v) is 7.15. The van der Waals surface area contributed by atoms with Crippen molar-refractivity contribution >= 4 is 29.3 Å². The van der Waals surface area contributed by atoms with E-state index in [4.69, 9.17) is 4.74 Å². The second kappa shape index (κ2) is 7.43. The van der Waals surface area contributed by atoms with Crippen LogP contribution in [0.5, 0.6) is 5.88 Å². The van der Waals surface area contributed by atoms with Crippen molar-refractivity contribution in [1.82, 2.24) is 15.3 Å². The summed E-state index contributed by atoms with van der Waals surface area (Å²) in [7, 11) is 1.63. The molecule has 0 radical (unpaired) electrons. The summed E-state index contributed by atoms with van der Waals surface area (Å²) in [6.07, 6.45) is 3.77. The van der Waals surface area contributed by atoms with Crippen LogP contribution in [-0.4, -0.2) is 36.2 Å². The number of halogens is 1. The van der Waals surface area contributed by atoms with Crippen LogP contribution < -0.4 is 15.4 Å². The van der Waals surface area contributed by atoms with Crippen LogP contribution in [0.25, 0.3) is 11.0 Å². The number of fused-ring (bicyclic) bond motifs is 1. The van der Waals surface area contributed by atoms with Crippen molar-refractivity contribution in [1.29, 1.82) is 0 Å². The number of para-hydroxylation sites is 2. The molecule has 6 heteroatoms. The average Bonchev–Trinajstić information content (AvgIpc) is 2.53. The monoisotopic (exact) mass is 308 g/mol. The zero-order valence-electron chi connectivity index (χ0n) is 12.1. The third-order valence-electron chi connectivity index (χ3n) is 3.66. The number of anilines is 1. The summed E-state index contributed by atoms with van der Waals surface area (Å²) in [5, 5.41) is 6.88. The van der Waals surface area contributed by atoms with Crippen LogP contribution in [0.2, 0.25) is 0 Å². The standard InChI is InChI=1S/C15H20N4O.ClH/c1-20-15-14(17-10-11-6-4-5-9-16-11)18-12-7-2-3-8-13(12)19-15;/h2-3,7-8,11,16H,4-6,9-10H2,1H3,(H,17,18);1H. The highest BCUT2D eigenvalue weighted by atomic mass is 35.5. The Morgan fingerprint density at radius 3 is 2.67 bits per heavy atom. The molecule has 0 spiro atoms. The number of benzene rings is 1. The fourth-order valence-electron chi connectivity index (χ4n) is 2.56. The van der Waals surface area contributed by atoms with Crippen molar-refractivity contribution in [2.75, 3.05) is 25.5 Å². The number of aromatic nitrogens is 2. The maximum atomic E-state index is 5.34. The van der Waals surface area contributed by atoms with E-state index >= 15 is 0 Å². The molecule has 1 fully saturated rings. The molecule has 1 aliphatic rings. The number of ether oxygens (including phenoxy) is 1. The fourth-order valence-corrected chi connectivity index (χ4v) is 2.56. The zero-order chi connectivity index (χ0) is 13.8. The third-order valence-corrected chi connectivity index (χ3v) is 3.66. The van der Waals surface area contributed by atoms with Gasteiger partial charge in [0.15, 0.2) is 5.82 Å². The lowest BCUT2D eigenvalue weighted by molar-refractivity contribution is 0.396. The molecule has 114 valence electrons. The molecule has 0 aliphatic carbocycles. The number of rotatable bonds is 4. The van der Waals surface area contributed by atoms with E-state index in [1.54, 1.807) is 7.11 Å². The molecule has 1 saturated heterocycles. The summed E-state index contributed by atoms with van der Waals surface area (Å²) in [6, 6.07) is 8.33. The van der Waals surface area contributed by atoms with Gasteiger partial charge < -0.3 is 15.4 Å². The number of nitrogens with zero attached hydrogens (tertiary/aromatic N) is 2. The van der Waals surface area contributed by atoms with Gasteiger partial charge in [0.1, 0.15) is 0 Å². The van der Waals surface area contributed by atoms with Gasteiger partial charge in [-0.25, -0.2) is 9.97 Å². The summed E-state index contributed by atoms with van der Waals surface area (Å²) in [6.45, 7) is 1.95. The Balaban J connectivity index is 0.00000161. The fraction of sp³-hybridized carbons (Fsp3) is 0.467. The van der Waals surface area contributed by atoms with E-state index in [2.05, 4.69) is 20.6 Å². The number of piperidine rings is 1. The summed E-state index contributed by atoms with van der Waals surface area (Å²) >= 11 is 0. The predicted octanol–water partition coefficient (Wildman–Crippen LogP) is 2.61. The molecule has 0 saturated carbocycles. The number of hydrogen-bond donors (Lipinski definition) is 2. The molecule has 2 N–H and O–H groups in total. The second-order valence-corrected chi connectivity index (χ2v) is 5.10. The third kappa shape index (κ3) is 3.74. The molecule has 1 aromatic carbocycles. The minimum atomic E-state index is 0. The first-order chi connectivity index (χ1) is 9.86. The van der Waals surface area contributed by atoms with Gasteiger partial charge in [-0.2, -0.15) is 0 Å². The van der Waals surface area contributed by atoms with Crippen LogP contribution in [0.15, 0.2) is 24.3 Å². The Morgan fingerprint density at radius 1 is 1.24 bits per heavy atom. The van der Waals surface area contributed by atoms with Gasteiger partial charge in [-0.05, 0) is 31.5 Å². The van der Waals surface area contributed by atoms with Crippen molar-refractivity contribution in [2.24, 2.45) is 0 Å². The van der Waals surface area contributed by atoms with E-state index in [0.717, 1.165) is 29.9 Å². The minimum Gasteiger partial charge on any atom is -0.478 e. The lowest BCUT2D eigenvalue weighted by Gasteiger charge is -2.24. The molecule has 0 bridgehead atoms. The summed E-state index contributed by atoms with van der Waals surface area (Å²) in [4.78, 5) is 9.09. The molecular formula is C15H21ClN4O. The van der Waals surface area contributed by atoms with Gasteiger partial charge in [0, 0.05) is 12.6 Å². The Kier molecular flexibility index (Phi) is 5.59. The zero-order valence-corrected chi connectivity index (χ0v) is 12.9. The van der Waals surface area contributed by atoms with Crippen molar-refractivity contribution < 1.29 is 4.74 Å². The van der Waals surface area contributed by atoms with Gasteiger partial charge in [0.25, 0.3) is 5.88 Å². The normalized spacial score (nSPS) is 18.0. The highest BCUT2D eigenvalue weighted by Crippen LogP contribution is 2.23. The summed E-state index contributed by atoms with van der Waals surface area (Å²) < 4.78 is 5.34. The lowest BCUT2D eigenvalue weighted by atomic mass is 10.1. The lowest BCUT2D eigenvalue weighted by Crippen LogP contribution is -2.39. The van der Waals surface area contributed by atoms with Gasteiger partial charge in [0.05, 0.1) is 18.1 Å². The minimum absolute atomic E-state index is 0. The molecule has 5 nitrogen and oxygen atoms in total. The quantitative estimate of drug-likeness (QED) is 0.909. The Morgan fingerprint density at radius 2 is 2.00 bits per heavy atom. The molecule has 3 rings (SSSR count). The van der Waals surface area contributed by atoms with Crippen molar-refractivity contribution in [3.8, 4) is 5.88 Å². The van der Waals surface area contributed by atoms with Crippen LogP contribution in [-0.2, 0) is 0 Å². The van der Waals surface area contributed by atoms with Crippen LogP contribution in [0, 0.1) is 0 Å².